The second-order valence-corrected chi connectivity index (χ2v) is 22.9. The Kier molecular flexibility index (Phi) is 14.2. The number of aryl methyl sites for hydroxylation is 1. The standard InChI is InChI=1S/C34H24Cl2N2O.C26H21NO.C9H7Cl2N.CH4.Na.H2O.8H2/c1-34(2)25-10-6-7-11-30(25)38(22-8-4-3-5-9-22)31-15-13-21-16-20(12-14-23(21)32(31)34)17-29-33(39)24-18-26(35)27(36)19-28(24)37-29;1-26(2)22-10-6-7-11-23(22)27(20-8-4-3-5-9-20)24-15-13-19-16-18(17-28)12-14-21(19)25(24)26;1-5-4-12-9-3-8(11)7(10)2-6(5)9;;;;;;;;;;;/h3-19,37H,1-2H3;3-17H,1-2H3;2-4,12H,1H3;1H4;;1H2;8*1H/q;;;;+1;;;;;;;;;/p-1/b29-17+;;;;;;;;;;;;;/i;;;;;;8*1+1D. The predicted octanol–water partition coefficient (Wildman–Crippen LogP) is 19.9. The number of aromatic nitrogens is 1. The molecule has 3 aliphatic heterocycles. The van der Waals surface area contributed by atoms with Crippen molar-refractivity contribution >= 4 is 137 Å². The minimum atomic E-state index is -0.208. The van der Waals surface area contributed by atoms with Gasteiger partial charge >= 0.3 is 29.6 Å². The Labute approximate surface area is 545 Å². The molecule has 0 unspecified atom stereocenters. The van der Waals surface area contributed by atoms with Crippen molar-refractivity contribution in [3.8, 4) is 0 Å². The van der Waals surface area contributed by atoms with Gasteiger partial charge in [-0.15, -0.1) is 0 Å². The van der Waals surface area contributed by atoms with E-state index in [4.69, 9.17) is 70.2 Å². The fourth-order valence-electron chi connectivity index (χ4n) is 11.9. The van der Waals surface area contributed by atoms with Crippen molar-refractivity contribution in [3.63, 3.8) is 0 Å². The molecule has 0 aliphatic carbocycles. The molecule has 1 aromatic heterocycles. The quantitative estimate of drug-likeness (QED) is 0.103. The normalized spacial score (nSPS) is 15.0. The third kappa shape index (κ3) is 10.4. The Bertz CT molecular complexity index is 4370. The first-order valence-corrected chi connectivity index (χ1v) is 27.6. The molecule has 0 bridgehead atoms. The maximum Gasteiger partial charge on any atom is 1.00 e. The number of fused-ring (bicyclic) bond motifs is 10. The number of aromatic amines is 1. The number of carbonyl (C=O) groups is 2. The van der Waals surface area contributed by atoms with E-state index in [9.17, 15) is 9.59 Å². The van der Waals surface area contributed by atoms with Crippen molar-refractivity contribution in [2.75, 3.05) is 15.1 Å². The number of anilines is 7. The average molecular weight is 1200 g/mol. The van der Waals surface area contributed by atoms with Crippen LogP contribution in [-0.2, 0) is 10.8 Å². The van der Waals surface area contributed by atoms with Crippen LogP contribution >= 0.6 is 46.4 Å². The van der Waals surface area contributed by atoms with Gasteiger partial charge in [-0.3, -0.25) is 9.59 Å². The van der Waals surface area contributed by atoms with Crippen LogP contribution in [-0.4, -0.2) is 22.5 Å². The molecule has 0 radical (unpaired) electrons. The molecule has 7 nitrogen and oxygen atoms in total. The first-order valence-electron chi connectivity index (χ1n) is 34.1. The van der Waals surface area contributed by atoms with E-state index < -0.39 is 0 Å². The number of hydrogen-bond donors (Lipinski definition) is 2. The second kappa shape index (κ2) is 23.6. The maximum atomic E-state index is 13.1. The largest absolute Gasteiger partial charge is 1.00 e. The minimum Gasteiger partial charge on any atom is -0.870 e. The summed E-state index contributed by atoms with van der Waals surface area (Å²) >= 11 is 24.0. The summed E-state index contributed by atoms with van der Waals surface area (Å²) in [5, 5.41) is 10.9. The molecule has 11 aromatic rings. The Morgan fingerprint density at radius 2 is 0.988 bits per heavy atom. The fourth-order valence-corrected chi connectivity index (χ4v) is 12.5. The summed E-state index contributed by atoms with van der Waals surface area (Å²) in [5.74, 6) is -0.0923. The van der Waals surface area contributed by atoms with Crippen LogP contribution in [0.1, 0.15) is 113 Å². The molecule has 12 heteroatoms. The van der Waals surface area contributed by atoms with Gasteiger partial charge in [-0.25, -0.2) is 0 Å². The van der Waals surface area contributed by atoms with Crippen LogP contribution in [0.2, 0.25) is 20.1 Å². The molecule has 10 aromatic carbocycles. The van der Waals surface area contributed by atoms with Gasteiger partial charge in [-0.1, -0.05) is 191 Å². The number of aldehydes is 1. The summed E-state index contributed by atoms with van der Waals surface area (Å²) in [7, 11) is 0. The van der Waals surface area contributed by atoms with E-state index in [0.717, 1.165) is 44.9 Å². The van der Waals surface area contributed by atoms with Gasteiger partial charge in [0.15, 0.2) is 0 Å². The van der Waals surface area contributed by atoms with E-state index in [0.29, 0.717) is 42.6 Å². The number of nitrogens with zero attached hydrogens (tertiary/aromatic N) is 2. The molecule has 3 aliphatic rings. The van der Waals surface area contributed by atoms with E-state index in [1.165, 1.54) is 61.3 Å². The molecule has 3 N–H and O–H groups in total. The molecule has 0 saturated heterocycles. The zero-order valence-electron chi connectivity index (χ0n) is 61.4. The van der Waals surface area contributed by atoms with Crippen LogP contribution in [0, 0.1) is 6.92 Å². The molecular formula is C70H73Cl4N4NaO3. The summed E-state index contributed by atoms with van der Waals surface area (Å²) in [5.41, 5.74) is 17.5. The first-order chi connectivity index (χ1) is 46.1. The van der Waals surface area contributed by atoms with Crippen molar-refractivity contribution in [1.29, 1.82) is 0 Å². The van der Waals surface area contributed by atoms with E-state index in [2.05, 4.69) is 193 Å². The van der Waals surface area contributed by atoms with Crippen molar-refractivity contribution < 1.29 is 68.4 Å². The fraction of sp³-hybridized carbons (Fsp3) is 0.114. The first kappa shape index (κ1) is 49.5. The summed E-state index contributed by atoms with van der Waals surface area (Å²) in [6.07, 6.45) is 4.74. The zero-order valence-corrected chi connectivity index (χ0v) is 50.4. The molecule has 0 spiro atoms. The number of hydrogen-bond acceptors (Lipinski definition) is 6. The third-order valence-corrected chi connectivity index (χ3v) is 17.1. The molecular weight excluding hydrogens is 1110 g/mol. The second-order valence-electron chi connectivity index (χ2n) is 21.2. The molecule has 4 heterocycles. The van der Waals surface area contributed by atoms with E-state index >= 15 is 0 Å². The minimum absolute atomic E-state index is 0. The van der Waals surface area contributed by atoms with Gasteiger partial charge in [0, 0.05) is 74.2 Å². The van der Waals surface area contributed by atoms with Crippen LogP contribution in [0.15, 0.2) is 206 Å². The van der Waals surface area contributed by atoms with Gasteiger partial charge < -0.3 is 25.6 Å². The Balaban J connectivity index is 0.000000713. The number of allylic oxidation sites excluding steroid dienone is 1. The third-order valence-electron chi connectivity index (χ3n) is 15.6. The molecule has 0 atom stereocenters. The van der Waals surface area contributed by atoms with Crippen molar-refractivity contribution in [2.24, 2.45) is 0 Å². The summed E-state index contributed by atoms with van der Waals surface area (Å²) in [6.45, 7) is 11.2. The van der Waals surface area contributed by atoms with E-state index in [1.54, 1.807) is 12.1 Å². The number of para-hydroxylation sites is 4. The summed E-state index contributed by atoms with van der Waals surface area (Å²) < 4.78 is 80.0. The van der Waals surface area contributed by atoms with Gasteiger partial charge in [0.05, 0.1) is 54.2 Å². The average Bonchev–Trinajstić information content (AvgIpc) is 0.876. The number of H-pyrrole nitrogens is 1. The number of nitrogens with one attached hydrogen (secondary N) is 2. The SMILES string of the molecule is C.CC1(C)c2ccccc2N(c2ccccc2)c2ccc3cc(/C=C4/Nc5cc(Cl)c(Cl)cc5C4=O)ccc3c21.CC1(C)c2ccccc2N(c2ccccc2)c2ccc3cc(C=O)ccc3c21.Cc1c[nH]c2cc(Cl)c(Cl)cc12.[2H][2H].[2H][2H].[2H][2H].[2H][2H].[2H][2H].[2H][2H].[2H][2H].[2H][2H].[Na+].[OH-]. The topological polar surface area (TPSA) is 98.4 Å². The van der Waals surface area contributed by atoms with Crippen LogP contribution in [0.25, 0.3) is 38.5 Å². The Morgan fingerprint density at radius 3 is 1.52 bits per heavy atom. The van der Waals surface area contributed by atoms with Gasteiger partial charge in [0.1, 0.15) is 6.29 Å². The summed E-state index contributed by atoms with van der Waals surface area (Å²) in [6, 6.07) is 66.5. The number of Topliss-reactive ketones (excluding diaryl/α,β-unsaturated/α-hetero) is 1. The number of ketones is 1. The van der Waals surface area contributed by atoms with Crippen LogP contribution in [0.5, 0.6) is 0 Å². The van der Waals surface area contributed by atoms with Crippen LogP contribution < -0.4 is 44.7 Å². The van der Waals surface area contributed by atoms with Crippen LogP contribution in [0.4, 0.5) is 39.8 Å². The number of benzene rings is 10. The molecule has 82 heavy (non-hydrogen) atoms. The number of halogens is 4. The monoisotopic (exact) mass is 1200 g/mol. The summed E-state index contributed by atoms with van der Waals surface area (Å²) in [4.78, 5) is 32.1. The molecule has 420 valence electrons. The molecule has 0 saturated carbocycles. The van der Waals surface area contributed by atoms with Gasteiger partial charge in [-0.2, -0.15) is 0 Å². The maximum absolute atomic E-state index is 13.1. The Hall–Kier alpha value is -7.14. The molecule has 0 fully saturated rings. The predicted molar refractivity (Wildman–Crippen MR) is 358 cm³/mol. The van der Waals surface area contributed by atoms with Crippen molar-refractivity contribution in [3.05, 3.63) is 271 Å². The van der Waals surface area contributed by atoms with E-state index in [-0.39, 0.29) is 59.1 Å². The molecule has 14 rings (SSSR count). The molecule has 0 amide bonds. The van der Waals surface area contributed by atoms with Crippen LogP contribution in [0.3, 0.4) is 0 Å². The smallest absolute Gasteiger partial charge is 0.870 e. The van der Waals surface area contributed by atoms with Gasteiger partial charge in [-0.05, 0) is 153 Å². The zero-order chi connectivity index (χ0) is 70.9. The number of carbonyl (C=O) groups excluding carboxylic acids is 2. The number of rotatable bonds is 4. The van der Waals surface area contributed by atoms with Gasteiger partial charge in [0.2, 0.25) is 5.78 Å². The van der Waals surface area contributed by atoms with E-state index in [1.807, 2.05) is 55.6 Å². The van der Waals surface area contributed by atoms with Crippen molar-refractivity contribution in [2.45, 2.75) is 52.9 Å². The van der Waals surface area contributed by atoms with Gasteiger partial charge in [0.25, 0.3) is 0 Å². The Morgan fingerprint density at radius 1 is 0.524 bits per heavy atom. The van der Waals surface area contributed by atoms with Crippen molar-refractivity contribution in [1.82, 2.24) is 4.98 Å².